The fourth-order valence-corrected chi connectivity index (χ4v) is 2.60. The molecular formula is C18H32N2O. The Hall–Kier alpha value is -0.900. The number of unbranched alkanes of at least 4 members (excludes halogenated alkanes) is 1. The van der Waals surface area contributed by atoms with Crippen LogP contribution in [0.3, 0.4) is 0 Å². The summed E-state index contributed by atoms with van der Waals surface area (Å²) >= 11 is 0. The largest absolute Gasteiger partial charge is 0.394 e. The predicted octanol–water partition coefficient (Wildman–Crippen LogP) is 3.12. The van der Waals surface area contributed by atoms with Crippen LogP contribution in [-0.4, -0.2) is 35.7 Å². The molecule has 0 aliphatic heterocycles. The van der Waals surface area contributed by atoms with Crippen molar-refractivity contribution < 1.29 is 5.11 Å². The van der Waals surface area contributed by atoms with Gasteiger partial charge in [0.1, 0.15) is 0 Å². The van der Waals surface area contributed by atoms with Crippen LogP contribution in [0.25, 0.3) is 0 Å². The summed E-state index contributed by atoms with van der Waals surface area (Å²) in [5, 5.41) is 9.78. The second kappa shape index (κ2) is 9.19. The minimum atomic E-state index is -0.640. The number of rotatable bonds is 10. The molecule has 1 aromatic rings. The van der Waals surface area contributed by atoms with E-state index in [2.05, 4.69) is 25.7 Å². The first-order valence-corrected chi connectivity index (χ1v) is 8.26. The van der Waals surface area contributed by atoms with Crippen molar-refractivity contribution in [3.8, 4) is 0 Å². The summed E-state index contributed by atoms with van der Waals surface area (Å²) in [4.78, 5) is 2.50. The van der Waals surface area contributed by atoms with Gasteiger partial charge in [0.25, 0.3) is 0 Å². The van der Waals surface area contributed by atoms with Crippen molar-refractivity contribution in [2.75, 3.05) is 19.7 Å². The molecule has 1 aromatic carbocycles. The molecule has 0 radical (unpaired) electrons. The molecule has 3 heteroatoms. The first-order chi connectivity index (χ1) is 10.1. The number of hydrogen-bond donors (Lipinski definition) is 2. The molecule has 0 aliphatic carbocycles. The standard InChI is InChI=1S/C18H32N2O/c1-4-6-13-20(16(3)5-2)14-12-18(19,15-21)17-10-8-7-9-11-17/h7-11,16,21H,4-6,12-15,19H2,1-3H3. The van der Waals surface area contributed by atoms with Gasteiger partial charge in [-0.25, -0.2) is 0 Å². The Kier molecular flexibility index (Phi) is 7.94. The molecule has 0 fully saturated rings. The number of aliphatic hydroxyl groups excluding tert-OH is 1. The lowest BCUT2D eigenvalue weighted by atomic mass is 9.88. The molecule has 21 heavy (non-hydrogen) atoms. The second-order valence-electron chi connectivity index (χ2n) is 6.08. The lowest BCUT2D eigenvalue weighted by molar-refractivity contribution is 0.142. The molecule has 3 nitrogen and oxygen atoms in total. The van der Waals surface area contributed by atoms with E-state index in [9.17, 15) is 5.11 Å². The molecule has 3 N–H and O–H groups in total. The van der Waals surface area contributed by atoms with Gasteiger partial charge in [-0.05, 0) is 38.3 Å². The van der Waals surface area contributed by atoms with E-state index in [1.165, 1.54) is 12.8 Å². The Morgan fingerprint density at radius 2 is 1.86 bits per heavy atom. The second-order valence-corrected chi connectivity index (χ2v) is 6.08. The molecule has 0 aliphatic rings. The van der Waals surface area contributed by atoms with Gasteiger partial charge in [-0.2, -0.15) is 0 Å². The number of hydrogen-bond acceptors (Lipinski definition) is 3. The van der Waals surface area contributed by atoms with Crippen molar-refractivity contribution in [1.29, 1.82) is 0 Å². The van der Waals surface area contributed by atoms with Gasteiger partial charge in [0.05, 0.1) is 12.1 Å². The van der Waals surface area contributed by atoms with Gasteiger partial charge in [-0.1, -0.05) is 50.6 Å². The highest BCUT2D eigenvalue weighted by Crippen LogP contribution is 2.22. The minimum absolute atomic E-state index is 0.0147. The molecule has 2 unspecified atom stereocenters. The van der Waals surface area contributed by atoms with Crippen molar-refractivity contribution in [3.05, 3.63) is 35.9 Å². The summed E-state index contributed by atoms with van der Waals surface area (Å²) in [7, 11) is 0. The molecule has 1 rings (SSSR count). The summed E-state index contributed by atoms with van der Waals surface area (Å²) in [5.41, 5.74) is 6.84. The quantitative estimate of drug-likeness (QED) is 0.696. The molecule has 0 aromatic heterocycles. The van der Waals surface area contributed by atoms with Crippen LogP contribution < -0.4 is 5.73 Å². The predicted molar refractivity (Wildman–Crippen MR) is 90.2 cm³/mol. The average molecular weight is 292 g/mol. The fraction of sp³-hybridized carbons (Fsp3) is 0.667. The van der Waals surface area contributed by atoms with E-state index in [0.29, 0.717) is 6.04 Å². The van der Waals surface area contributed by atoms with E-state index < -0.39 is 5.54 Å². The Labute approximate surface area is 130 Å². The molecule has 0 amide bonds. The van der Waals surface area contributed by atoms with Gasteiger partial charge < -0.3 is 15.7 Å². The van der Waals surface area contributed by atoms with E-state index in [1.54, 1.807) is 0 Å². The topological polar surface area (TPSA) is 49.5 Å². The summed E-state index contributed by atoms with van der Waals surface area (Å²) < 4.78 is 0. The lowest BCUT2D eigenvalue weighted by Gasteiger charge is -2.34. The SMILES string of the molecule is CCCCN(CCC(N)(CO)c1ccccc1)C(C)CC. The van der Waals surface area contributed by atoms with Crippen molar-refractivity contribution in [1.82, 2.24) is 4.90 Å². The molecule has 0 saturated heterocycles. The highest BCUT2D eigenvalue weighted by atomic mass is 16.3. The zero-order chi connectivity index (χ0) is 15.7. The van der Waals surface area contributed by atoms with Crippen molar-refractivity contribution in [3.63, 3.8) is 0 Å². The number of aliphatic hydroxyl groups is 1. The van der Waals surface area contributed by atoms with Crippen LogP contribution in [0.1, 0.15) is 52.0 Å². The maximum Gasteiger partial charge on any atom is 0.0656 e. The van der Waals surface area contributed by atoms with E-state index in [1.807, 2.05) is 30.3 Å². The normalized spacial score (nSPS) is 15.9. The third-order valence-corrected chi connectivity index (χ3v) is 4.49. The summed E-state index contributed by atoms with van der Waals surface area (Å²) in [6, 6.07) is 10.5. The van der Waals surface area contributed by atoms with Crippen molar-refractivity contribution in [2.45, 2.75) is 58.0 Å². The lowest BCUT2D eigenvalue weighted by Crippen LogP contribution is -2.45. The molecule has 120 valence electrons. The number of nitrogens with two attached hydrogens (primary N) is 1. The van der Waals surface area contributed by atoms with E-state index >= 15 is 0 Å². The van der Waals surface area contributed by atoms with Crippen LogP contribution in [0.2, 0.25) is 0 Å². The van der Waals surface area contributed by atoms with Gasteiger partial charge in [0.15, 0.2) is 0 Å². The van der Waals surface area contributed by atoms with Crippen LogP contribution in [0.5, 0.6) is 0 Å². The van der Waals surface area contributed by atoms with E-state index in [-0.39, 0.29) is 6.61 Å². The zero-order valence-electron chi connectivity index (χ0n) is 13.9. The molecule has 0 spiro atoms. The van der Waals surface area contributed by atoms with Gasteiger partial charge in [-0.3, -0.25) is 0 Å². The third-order valence-electron chi connectivity index (χ3n) is 4.49. The summed E-state index contributed by atoms with van der Waals surface area (Å²) in [6.07, 6.45) is 4.35. The number of nitrogens with zero attached hydrogens (tertiary/aromatic N) is 1. The Bertz CT molecular complexity index is 382. The van der Waals surface area contributed by atoms with Crippen LogP contribution in [-0.2, 0) is 5.54 Å². The zero-order valence-corrected chi connectivity index (χ0v) is 13.9. The molecule has 2 atom stereocenters. The van der Waals surface area contributed by atoms with Crippen LogP contribution in [0.15, 0.2) is 30.3 Å². The molecular weight excluding hydrogens is 260 g/mol. The van der Waals surface area contributed by atoms with Crippen LogP contribution in [0, 0.1) is 0 Å². The first-order valence-electron chi connectivity index (χ1n) is 8.26. The van der Waals surface area contributed by atoms with Crippen LogP contribution in [0.4, 0.5) is 0 Å². The van der Waals surface area contributed by atoms with Gasteiger partial charge in [0.2, 0.25) is 0 Å². The van der Waals surface area contributed by atoms with E-state index in [0.717, 1.165) is 31.5 Å². The van der Waals surface area contributed by atoms with Crippen LogP contribution >= 0.6 is 0 Å². The molecule has 0 saturated carbocycles. The maximum absolute atomic E-state index is 9.78. The molecule has 0 heterocycles. The maximum atomic E-state index is 9.78. The third kappa shape index (κ3) is 5.42. The first kappa shape index (κ1) is 18.1. The Balaban J connectivity index is 2.71. The smallest absolute Gasteiger partial charge is 0.0656 e. The minimum Gasteiger partial charge on any atom is -0.394 e. The highest BCUT2D eigenvalue weighted by Gasteiger charge is 2.27. The van der Waals surface area contributed by atoms with Gasteiger partial charge in [0, 0.05) is 12.6 Å². The van der Waals surface area contributed by atoms with Gasteiger partial charge in [-0.15, -0.1) is 0 Å². The highest BCUT2D eigenvalue weighted by molar-refractivity contribution is 5.24. The Morgan fingerprint density at radius 1 is 1.19 bits per heavy atom. The van der Waals surface area contributed by atoms with E-state index in [4.69, 9.17) is 5.73 Å². The Morgan fingerprint density at radius 3 is 2.38 bits per heavy atom. The van der Waals surface area contributed by atoms with Crippen molar-refractivity contribution in [2.24, 2.45) is 5.73 Å². The average Bonchev–Trinajstić information content (AvgIpc) is 2.54. The van der Waals surface area contributed by atoms with Crippen molar-refractivity contribution >= 4 is 0 Å². The number of benzene rings is 1. The monoisotopic (exact) mass is 292 g/mol. The van der Waals surface area contributed by atoms with Gasteiger partial charge >= 0.3 is 0 Å². The fourth-order valence-electron chi connectivity index (χ4n) is 2.60. The summed E-state index contributed by atoms with van der Waals surface area (Å²) in [6.45, 7) is 8.75. The summed E-state index contributed by atoms with van der Waals surface area (Å²) in [5.74, 6) is 0. The molecule has 0 bridgehead atoms.